The zero-order chi connectivity index (χ0) is 16.8. The van der Waals surface area contributed by atoms with E-state index in [9.17, 15) is 0 Å². The van der Waals surface area contributed by atoms with Crippen LogP contribution in [0.1, 0.15) is 123 Å². The first-order valence-electron chi connectivity index (χ1n) is 10.6. The second kappa shape index (κ2) is 21.5. The molecule has 0 aliphatic heterocycles. The molecular formula is C23H44. The monoisotopic (exact) mass is 320 g/mol. The molecule has 0 atom stereocenters. The fourth-order valence-electron chi connectivity index (χ4n) is 3.16. The van der Waals surface area contributed by atoms with E-state index in [1.807, 2.05) is 0 Å². The van der Waals surface area contributed by atoms with E-state index >= 15 is 0 Å². The second-order valence-corrected chi connectivity index (χ2v) is 7.02. The smallest absolute Gasteiger partial charge is 0.0351 e. The van der Waals surface area contributed by atoms with Crippen LogP contribution in [0.5, 0.6) is 0 Å². The molecule has 0 aliphatic carbocycles. The molecule has 0 radical (unpaired) electrons. The Morgan fingerprint density at radius 2 is 0.565 bits per heavy atom. The molecule has 0 spiro atoms. The van der Waals surface area contributed by atoms with Crippen molar-refractivity contribution in [3.8, 4) is 0 Å². The van der Waals surface area contributed by atoms with Crippen molar-refractivity contribution in [2.24, 2.45) is 0 Å². The van der Waals surface area contributed by atoms with Gasteiger partial charge in [0.1, 0.15) is 0 Å². The molecule has 0 bridgehead atoms. The Morgan fingerprint density at radius 1 is 0.348 bits per heavy atom. The minimum Gasteiger partial charge on any atom is -0.0917 e. The third kappa shape index (κ3) is 21.5. The van der Waals surface area contributed by atoms with Gasteiger partial charge in [-0.25, -0.2) is 0 Å². The maximum Gasteiger partial charge on any atom is -0.0351 e. The Balaban J connectivity index is 2.97. The molecule has 0 saturated heterocycles. The highest BCUT2D eigenvalue weighted by molar-refractivity contribution is 4.76. The third-order valence-electron chi connectivity index (χ3n) is 4.71. The summed E-state index contributed by atoms with van der Waals surface area (Å²) in [6, 6.07) is 0. The minimum atomic E-state index is 1.28. The molecule has 0 amide bonds. The van der Waals surface area contributed by atoms with Crippen molar-refractivity contribution >= 4 is 0 Å². The first kappa shape index (κ1) is 22.5. The quantitative estimate of drug-likeness (QED) is 0.175. The van der Waals surface area contributed by atoms with E-state index in [2.05, 4.69) is 38.2 Å². The fourth-order valence-corrected chi connectivity index (χ4v) is 3.16. The Kier molecular flexibility index (Phi) is 21.0. The summed E-state index contributed by atoms with van der Waals surface area (Å²) < 4.78 is 0. The number of allylic oxidation sites excluding steroid dienone is 4. The van der Waals surface area contributed by atoms with Crippen molar-refractivity contribution in [2.75, 3.05) is 0 Å². The fraction of sp³-hybridized carbons (Fsp3) is 0.826. The SMILES string of the molecule is CC=CCCCCCCCCCCCCCCCCCC=CC. The van der Waals surface area contributed by atoms with Gasteiger partial charge in [0.15, 0.2) is 0 Å². The van der Waals surface area contributed by atoms with Crippen molar-refractivity contribution in [3.05, 3.63) is 24.3 Å². The average Bonchev–Trinajstić information content (AvgIpc) is 2.57. The largest absolute Gasteiger partial charge is 0.0917 e. The summed E-state index contributed by atoms with van der Waals surface area (Å²) in [5.74, 6) is 0. The van der Waals surface area contributed by atoms with Crippen LogP contribution in [0.15, 0.2) is 24.3 Å². The number of hydrogen-bond donors (Lipinski definition) is 0. The van der Waals surface area contributed by atoms with Crippen molar-refractivity contribution in [2.45, 2.75) is 123 Å². The first-order valence-corrected chi connectivity index (χ1v) is 10.6. The number of hydrogen-bond acceptors (Lipinski definition) is 0. The molecule has 0 nitrogen and oxygen atoms in total. The van der Waals surface area contributed by atoms with Gasteiger partial charge in [-0.1, -0.05) is 108 Å². The maximum absolute atomic E-state index is 2.30. The van der Waals surface area contributed by atoms with Gasteiger partial charge >= 0.3 is 0 Å². The summed E-state index contributed by atoms with van der Waals surface area (Å²) >= 11 is 0. The van der Waals surface area contributed by atoms with Crippen molar-refractivity contribution in [3.63, 3.8) is 0 Å². The summed E-state index contributed by atoms with van der Waals surface area (Å²) in [6.45, 7) is 4.24. The third-order valence-corrected chi connectivity index (χ3v) is 4.71. The standard InChI is InChI=1S/C23H44/c1-3-5-7-9-11-13-15-17-19-21-23-22-20-18-16-14-12-10-8-6-4-2/h3-6H,7-23H2,1-2H3. The summed E-state index contributed by atoms with van der Waals surface area (Å²) in [6.07, 6.45) is 33.3. The number of rotatable bonds is 18. The summed E-state index contributed by atoms with van der Waals surface area (Å²) in [5.41, 5.74) is 0. The van der Waals surface area contributed by atoms with Crippen LogP contribution >= 0.6 is 0 Å². The summed E-state index contributed by atoms with van der Waals surface area (Å²) in [4.78, 5) is 0. The van der Waals surface area contributed by atoms with Gasteiger partial charge < -0.3 is 0 Å². The Morgan fingerprint density at radius 3 is 0.783 bits per heavy atom. The molecule has 0 rings (SSSR count). The maximum atomic E-state index is 2.30. The zero-order valence-electron chi connectivity index (χ0n) is 16.3. The molecule has 0 heterocycles. The Labute approximate surface area is 147 Å². The predicted octanol–water partition coefficient (Wildman–Crippen LogP) is 8.77. The molecule has 0 aromatic heterocycles. The van der Waals surface area contributed by atoms with Crippen LogP contribution < -0.4 is 0 Å². The van der Waals surface area contributed by atoms with Crippen molar-refractivity contribution < 1.29 is 0 Å². The van der Waals surface area contributed by atoms with Gasteiger partial charge in [-0.05, 0) is 39.5 Å². The molecule has 0 fully saturated rings. The highest BCUT2D eigenvalue weighted by Crippen LogP contribution is 2.14. The molecular weight excluding hydrogens is 276 g/mol. The topological polar surface area (TPSA) is 0 Å². The van der Waals surface area contributed by atoms with E-state index < -0.39 is 0 Å². The molecule has 0 aromatic carbocycles. The molecule has 0 heteroatoms. The molecule has 0 saturated carbocycles. The summed E-state index contributed by atoms with van der Waals surface area (Å²) in [7, 11) is 0. The van der Waals surface area contributed by atoms with Crippen LogP contribution in [0, 0.1) is 0 Å². The predicted molar refractivity (Wildman–Crippen MR) is 108 cm³/mol. The van der Waals surface area contributed by atoms with E-state index in [1.54, 1.807) is 0 Å². The van der Waals surface area contributed by atoms with Crippen LogP contribution in [0.2, 0.25) is 0 Å². The Bertz CT molecular complexity index is 223. The lowest BCUT2D eigenvalue weighted by Gasteiger charge is -2.03. The van der Waals surface area contributed by atoms with E-state index in [0.717, 1.165) is 0 Å². The highest BCUT2D eigenvalue weighted by atomic mass is 14.0. The lowest BCUT2D eigenvalue weighted by molar-refractivity contribution is 0.531. The highest BCUT2D eigenvalue weighted by Gasteiger charge is 1.94. The van der Waals surface area contributed by atoms with Gasteiger partial charge in [0.05, 0.1) is 0 Å². The van der Waals surface area contributed by atoms with Gasteiger partial charge in [0, 0.05) is 0 Å². The van der Waals surface area contributed by atoms with Gasteiger partial charge in [0.25, 0.3) is 0 Å². The van der Waals surface area contributed by atoms with Crippen LogP contribution in [-0.2, 0) is 0 Å². The van der Waals surface area contributed by atoms with E-state index in [4.69, 9.17) is 0 Å². The van der Waals surface area contributed by atoms with Crippen LogP contribution in [0.3, 0.4) is 0 Å². The lowest BCUT2D eigenvalue weighted by Crippen LogP contribution is -1.83. The van der Waals surface area contributed by atoms with Gasteiger partial charge in [-0.3, -0.25) is 0 Å². The minimum absolute atomic E-state index is 1.28. The van der Waals surface area contributed by atoms with Crippen molar-refractivity contribution in [1.29, 1.82) is 0 Å². The normalized spacial score (nSPS) is 11.9. The number of unbranched alkanes of at least 4 members (excludes halogenated alkanes) is 16. The molecule has 0 unspecified atom stereocenters. The van der Waals surface area contributed by atoms with E-state index in [0.29, 0.717) is 0 Å². The first-order chi connectivity index (χ1) is 11.4. The second-order valence-electron chi connectivity index (χ2n) is 7.02. The molecule has 0 aromatic rings. The summed E-state index contributed by atoms with van der Waals surface area (Å²) in [5, 5.41) is 0. The lowest BCUT2D eigenvalue weighted by atomic mass is 10.0. The van der Waals surface area contributed by atoms with Crippen LogP contribution in [0.25, 0.3) is 0 Å². The van der Waals surface area contributed by atoms with E-state index in [-0.39, 0.29) is 0 Å². The molecule has 0 N–H and O–H groups in total. The average molecular weight is 321 g/mol. The van der Waals surface area contributed by atoms with Gasteiger partial charge in [0.2, 0.25) is 0 Å². The van der Waals surface area contributed by atoms with Crippen LogP contribution in [0.4, 0.5) is 0 Å². The molecule has 0 aliphatic rings. The zero-order valence-corrected chi connectivity index (χ0v) is 16.3. The van der Waals surface area contributed by atoms with Crippen molar-refractivity contribution in [1.82, 2.24) is 0 Å². The Hall–Kier alpha value is -0.520. The van der Waals surface area contributed by atoms with E-state index in [1.165, 1.54) is 109 Å². The van der Waals surface area contributed by atoms with Crippen LogP contribution in [-0.4, -0.2) is 0 Å². The van der Waals surface area contributed by atoms with Gasteiger partial charge in [-0.15, -0.1) is 0 Å². The molecule has 23 heavy (non-hydrogen) atoms. The van der Waals surface area contributed by atoms with Gasteiger partial charge in [-0.2, -0.15) is 0 Å². The molecule has 136 valence electrons.